The van der Waals surface area contributed by atoms with Gasteiger partial charge in [-0.25, -0.2) is 9.97 Å². The molecule has 2 heterocycles. The van der Waals surface area contributed by atoms with E-state index in [1.165, 1.54) is 4.88 Å². The molecule has 0 aliphatic carbocycles. The summed E-state index contributed by atoms with van der Waals surface area (Å²) in [7, 11) is 0. The molecule has 1 N–H and O–H groups in total. The van der Waals surface area contributed by atoms with E-state index >= 15 is 0 Å². The number of anilines is 1. The Labute approximate surface area is 96.2 Å². The monoisotopic (exact) mass is 238 g/mol. The molecular weight excluding hydrogens is 228 g/mol. The van der Waals surface area contributed by atoms with Crippen molar-refractivity contribution in [2.75, 3.05) is 11.6 Å². The highest BCUT2D eigenvalue weighted by Gasteiger charge is 1.98. The van der Waals surface area contributed by atoms with Gasteiger partial charge < -0.3 is 5.32 Å². The van der Waals surface area contributed by atoms with Gasteiger partial charge in [0.25, 0.3) is 0 Å². The molecule has 0 amide bonds. The Balaban J connectivity index is 1.98. The van der Waals surface area contributed by atoms with Crippen molar-refractivity contribution in [3.63, 3.8) is 0 Å². The summed E-state index contributed by atoms with van der Waals surface area (Å²) in [5, 5.41) is 4.20. The molecule has 0 spiro atoms. The molecule has 0 atom stereocenters. The second-order valence-corrected chi connectivity index (χ2v) is 4.56. The zero-order valence-electron chi connectivity index (χ0n) is 8.17. The Morgan fingerprint density at radius 1 is 1.47 bits per heavy atom. The van der Waals surface area contributed by atoms with Crippen LogP contribution < -0.4 is 5.32 Å². The molecule has 2 rings (SSSR count). The number of nitrogens with one attached hydrogen (secondary N) is 1. The van der Waals surface area contributed by atoms with Gasteiger partial charge in [0.1, 0.15) is 17.2 Å². The molecule has 4 nitrogen and oxygen atoms in total. The zero-order valence-corrected chi connectivity index (χ0v) is 9.81. The van der Waals surface area contributed by atoms with Crippen LogP contribution in [0.5, 0.6) is 0 Å². The lowest BCUT2D eigenvalue weighted by Gasteiger charge is -2.03. The largest absolute Gasteiger partial charge is 0.365 e. The summed E-state index contributed by atoms with van der Waals surface area (Å²) >= 11 is 3.24. The first-order chi connectivity index (χ1) is 7.38. The second-order valence-electron chi connectivity index (χ2n) is 2.77. The fourth-order valence-electron chi connectivity index (χ4n) is 1.05. The van der Waals surface area contributed by atoms with Crippen molar-refractivity contribution in [3.05, 3.63) is 29.0 Å². The lowest BCUT2D eigenvalue weighted by molar-refractivity contribution is 1.02. The van der Waals surface area contributed by atoms with E-state index < -0.39 is 0 Å². The fraction of sp³-hybridized carbons (Fsp3) is 0.222. The number of thioether (sulfide) groups is 1. The van der Waals surface area contributed by atoms with Gasteiger partial charge in [0.05, 0.1) is 12.1 Å². The van der Waals surface area contributed by atoms with Crippen LogP contribution in [0.15, 0.2) is 29.1 Å². The van der Waals surface area contributed by atoms with E-state index in [0.717, 1.165) is 17.4 Å². The van der Waals surface area contributed by atoms with E-state index in [1.54, 1.807) is 29.4 Å². The van der Waals surface area contributed by atoms with E-state index in [9.17, 15) is 0 Å². The molecule has 0 aliphatic heterocycles. The maximum Gasteiger partial charge on any atom is 0.130 e. The third-order valence-electron chi connectivity index (χ3n) is 1.78. The normalized spacial score (nSPS) is 10.2. The summed E-state index contributed by atoms with van der Waals surface area (Å²) in [5.74, 6) is 0.850. The molecule has 0 bridgehead atoms. The van der Waals surface area contributed by atoms with Gasteiger partial charge in [-0.2, -0.15) is 0 Å². The Kier molecular flexibility index (Phi) is 3.52. The summed E-state index contributed by atoms with van der Waals surface area (Å²) in [6.45, 7) is 0.759. The van der Waals surface area contributed by atoms with Gasteiger partial charge in [-0.1, -0.05) is 0 Å². The number of hydrogen-bond donors (Lipinski definition) is 1. The molecular formula is C9H10N4S2. The summed E-state index contributed by atoms with van der Waals surface area (Å²) in [6.07, 6.45) is 5.42. The molecule has 15 heavy (non-hydrogen) atoms. The smallest absolute Gasteiger partial charge is 0.130 e. The Morgan fingerprint density at radius 3 is 3.13 bits per heavy atom. The molecule has 2 aromatic rings. The lowest BCUT2D eigenvalue weighted by atomic mass is 10.5. The summed E-state index contributed by atoms with van der Waals surface area (Å²) in [4.78, 5) is 13.4. The standard InChI is InChI=1S/C9H10N4S2/c1-14-9-2-8(12-5-13-9)11-4-7-3-10-6-15-7/h2-3,5-6H,4H2,1H3,(H,11,12,13). The average Bonchev–Trinajstić information content (AvgIpc) is 2.79. The highest BCUT2D eigenvalue weighted by atomic mass is 32.2. The lowest BCUT2D eigenvalue weighted by Crippen LogP contribution is -2.00. The average molecular weight is 238 g/mol. The molecule has 0 saturated heterocycles. The van der Waals surface area contributed by atoms with Crippen molar-refractivity contribution in [2.24, 2.45) is 0 Å². The third-order valence-corrected chi connectivity index (χ3v) is 3.20. The van der Waals surface area contributed by atoms with Crippen molar-refractivity contribution in [2.45, 2.75) is 11.6 Å². The Hall–Kier alpha value is -1.14. The van der Waals surface area contributed by atoms with Crippen molar-refractivity contribution < 1.29 is 0 Å². The Morgan fingerprint density at radius 2 is 2.40 bits per heavy atom. The van der Waals surface area contributed by atoms with Crippen LogP contribution in [-0.4, -0.2) is 21.2 Å². The van der Waals surface area contributed by atoms with E-state index in [4.69, 9.17) is 0 Å². The number of hydrogen-bond acceptors (Lipinski definition) is 6. The molecule has 0 unspecified atom stereocenters. The molecule has 2 aromatic heterocycles. The predicted molar refractivity (Wildman–Crippen MR) is 63.3 cm³/mol. The van der Waals surface area contributed by atoms with E-state index in [-0.39, 0.29) is 0 Å². The number of aromatic nitrogens is 3. The van der Waals surface area contributed by atoms with Crippen LogP contribution in [0.25, 0.3) is 0 Å². The van der Waals surface area contributed by atoms with Gasteiger partial charge in [0, 0.05) is 17.1 Å². The Bertz CT molecular complexity index is 416. The predicted octanol–water partition coefficient (Wildman–Crippen LogP) is 2.27. The summed E-state index contributed by atoms with van der Waals surface area (Å²) < 4.78 is 0. The molecule has 0 aliphatic rings. The SMILES string of the molecule is CSc1cc(NCc2cncs2)ncn1. The number of rotatable bonds is 4. The topological polar surface area (TPSA) is 50.7 Å². The van der Waals surface area contributed by atoms with Gasteiger partial charge in [0.15, 0.2) is 0 Å². The molecule has 6 heteroatoms. The van der Waals surface area contributed by atoms with Gasteiger partial charge in [0.2, 0.25) is 0 Å². The van der Waals surface area contributed by atoms with E-state index in [2.05, 4.69) is 20.3 Å². The van der Waals surface area contributed by atoms with Gasteiger partial charge in [-0.05, 0) is 6.26 Å². The summed E-state index contributed by atoms with van der Waals surface area (Å²) in [6, 6.07) is 1.94. The number of thiazole rings is 1. The first-order valence-electron chi connectivity index (χ1n) is 4.36. The molecule has 78 valence electrons. The first kappa shape index (κ1) is 10.4. The minimum absolute atomic E-state index is 0.759. The fourth-order valence-corrected chi connectivity index (χ4v) is 1.97. The quantitative estimate of drug-likeness (QED) is 0.654. The highest BCUT2D eigenvalue weighted by molar-refractivity contribution is 7.98. The van der Waals surface area contributed by atoms with Crippen LogP contribution in [0.1, 0.15) is 4.88 Å². The van der Waals surface area contributed by atoms with Crippen LogP contribution in [0.3, 0.4) is 0 Å². The van der Waals surface area contributed by atoms with Crippen molar-refractivity contribution in [1.29, 1.82) is 0 Å². The minimum atomic E-state index is 0.759. The van der Waals surface area contributed by atoms with Crippen molar-refractivity contribution in [1.82, 2.24) is 15.0 Å². The highest BCUT2D eigenvalue weighted by Crippen LogP contribution is 2.15. The molecule has 0 fully saturated rings. The van der Waals surface area contributed by atoms with Crippen LogP contribution >= 0.6 is 23.1 Å². The van der Waals surface area contributed by atoms with Gasteiger partial charge in [-0.15, -0.1) is 23.1 Å². The van der Waals surface area contributed by atoms with Gasteiger partial charge >= 0.3 is 0 Å². The third kappa shape index (κ3) is 2.90. The zero-order chi connectivity index (χ0) is 10.5. The van der Waals surface area contributed by atoms with E-state index in [0.29, 0.717) is 0 Å². The van der Waals surface area contributed by atoms with Crippen molar-refractivity contribution in [3.8, 4) is 0 Å². The van der Waals surface area contributed by atoms with Crippen LogP contribution in [0, 0.1) is 0 Å². The van der Waals surface area contributed by atoms with Crippen LogP contribution in [0.4, 0.5) is 5.82 Å². The van der Waals surface area contributed by atoms with Gasteiger partial charge in [-0.3, -0.25) is 4.98 Å². The first-order valence-corrected chi connectivity index (χ1v) is 6.46. The van der Waals surface area contributed by atoms with Crippen LogP contribution in [-0.2, 0) is 6.54 Å². The maximum absolute atomic E-state index is 4.14. The minimum Gasteiger partial charge on any atom is -0.365 e. The second kappa shape index (κ2) is 5.09. The molecule has 0 radical (unpaired) electrons. The number of nitrogens with zero attached hydrogens (tertiary/aromatic N) is 3. The summed E-state index contributed by atoms with van der Waals surface area (Å²) in [5.41, 5.74) is 1.82. The van der Waals surface area contributed by atoms with Crippen LogP contribution in [0.2, 0.25) is 0 Å². The molecule has 0 saturated carbocycles. The van der Waals surface area contributed by atoms with E-state index in [1.807, 2.05) is 24.0 Å². The molecule has 0 aromatic carbocycles. The van der Waals surface area contributed by atoms with Crippen molar-refractivity contribution >= 4 is 28.9 Å². The maximum atomic E-state index is 4.14.